The lowest BCUT2D eigenvalue weighted by atomic mass is 10.0. The van der Waals surface area contributed by atoms with E-state index >= 15 is 0 Å². The molecule has 0 aromatic heterocycles. The van der Waals surface area contributed by atoms with Gasteiger partial charge in [-0.3, -0.25) is 9.59 Å². The van der Waals surface area contributed by atoms with Crippen LogP contribution in [0.1, 0.15) is 30.1 Å². The molecular formula is C20H20O4. The maximum Gasteiger partial charge on any atom is 0.317 e. The molecule has 0 radical (unpaired) electrons. The van der Waals surface area contributed by atoms with Gasteiger partial charge in [0.2, 0.25) is 0 Å². The van der Waals surface area contributed by atoms with E-state index in [1.54, 1.807) is 6.08 Å². The first kappa shape index (κ1) is 17.6. The maximum absolute atomic E-state index is 10.7. The third-order valence-electron chi connectivity index (χ3n) is 3.64. The van der Waals surface area contributed by atoms with E-state index in [0.717, 1.165) is 11.1 Å². The molecule has 24 heavy (non-hydrogen) atoms. The lowest BCUT2D eigenvalue weighted by Gasteiger charge is -2.10. The number of carbonyl (C=O) groups excluding carboxylic acids is 2. The van der Waals surface area contributed by atoms with Crippen LogP contribution in [0.3, 0.4) is 0 Å². The first-order chi connectivity index (χ1) is 11.6. The Morgan fingerprint density at radius 1 is 1.04 bits per heavy atom. The second kappa shape index (κ2) is 8.79. The number of allylic oxidation sites excluding steroid dienone is 1. The highest BCUT2D eigenvalue weighted by Crippen LogP contribution is 2.20. The summed E-state index contributed by atoms with van der Waals surface area (Å²) >= 11 is 0. The van der Waals surface area contributed by atoms with Crippen LogP contribution < -0.4 is 0 Å². The number of rotatable bonds is 4. The van der Waals surface area contributed by atoms with Gasteiger partial charge in [-0.25, -0.2) is 0 Å². The van der Waals surface area contributed by atoms with Crippen LogP contribution in [0.4, 0.5) is 0 Å². The number of aliphatic hydroxyl groups is 1. The molecule has 1 saturated heterocycles. The molecular weight excluding hydrogens is 304 g/mol. The molecule has 0 spiro atoms. The minimum atomic E-state index is -0.516. The van der Waals surface area contributed by atoms with Crippen molar-refractivity contribution in [3.63, 3.8) is 0 Å². The van der Waals surface area contributed by atoms with Gasteiger partial charge in [0.05, 0.1) is 12.3 Å². The van der Waals surface area contributed by atoms with Crippen molar-refractivity contribution < 1.29 is 19.4 Å². The van der Waals surface area contributed by atoms with Gasteiger partial charge in [0.25, 0.3) is 0 Å². The Hall–Kier alpha value is -2.72. The van der Waals surface area contributed by atoms with Crippen LogP contribution in [0, 0.1) is 5.92 Å². The molecule has 1 atom stereocenters. The summed E-state index contributed by atoms with van der Waals surface area (Å²) in [7, 11) is 0. The normalized spacial score (nSPS) is 16.3. The second-order valence-corrected chi connectivity index (χ2v) is 5.44. The van der Waals surface area contributed by atoms with Crippen molar-refractivity contribution in [3.05, 3.63) is 84.4 Å². The molecule has 1 aliphatic heterocycles. The fourth-order valence-electron chi connectivity index (χ4n) is 2.37. The zero-order valence-corrected chi connectivity index (χ0v) is 13.3. The molecule has 0 saturated carbocycles. The van der Waals surface area contributed by atoms with E-state index in [4.69, 9.17) is 0 Å². The summed E-state index contributed by atoms with van der Waals surface area (Å²) in [5, 5.41) is 9.99. The van der Waals surface area contributed by atoms with Gasteiger partial charge in [-0.1, -0.05) is 66.7 Å². The molecule has 0 bridgehead atoms. The van der Waals surface area contributed by atoms with Gasteiger partial charge < -0.3 is 9.84 Å². The Balaban J connectivity index is 0.000000185. The van der Waals surface area contributed by atoms with Crippen molar-refractivity contribution in [3.8, 4) is 0 Å². The number of carbonyl (C=O) groups is 2. The highest BCUT2D eigenvalue weighted by Gasteiger charge is 2.31. The Bertz CT molecular complexity index is 640. The van der Waals surface area contributed by atoms with Crippen molar-refractivity contribution in [2.75, 3.05) is 0 Å². The molecule has 1 aliphatic rings. The maximum atomic E-state index is 10.7. The fourth-order valence-corrected chi connectivity index (χ4v) is 2.37. The van der Waals surface area contributed by atoms with Gasteiger partial charge in [0.15, 0.2) is 0 Å². The highest BCUT2D eigenvalue weighted by atomic mass is 16.6. The monoisotopic (exact) mass is 324 g/mol. The molecule has 1 fully saturated rings. The number of hydrogen-bond acceptors (Lipinski definition) is 4. The summed E-state index contributed by atoms with van der Waals surface area (Å²) in [6, 6.07) is 19.3. The summed E-state index contributed by atoms with van der Waals surface area (Å²) in [5.41, 5.74) is 1.86. The van der Waals surface area contributed by atoms with Crippen LogP contribution >= 0.6 is 0 Å². The zero-order chi connectivity index (χ0) is 17.4. The van der Waals surface area contributed by atoms with Crippen LogP contribution in [0.5, 0.6) is 0 Å². The number of esters is 2. The van der Waals surface area contributed by atoms with Crippen LogP contribution in [0.15, 0.2) is 73.3 Å². The summed E-state index contributed by atoms with van der Waals surface area (Å²) in [4.78, 5) is 21.1. The average molecular weight is 324 g/mol. The molecule has 1 heterocycles. The van der Waals surface area contributed by atoms with E-state index in [-0.39, 0.29) is 12.3 Å². The highest BCUT2D eigenvalue weighted by molar-refractivity contribution is 5.94. The van der Waals surface area contributed by atoms with E-state index < -0.39 is 18.0 Å². The van der Waals surface area contributed by atoms with Gasteiger partial charge in [-0.05, 0) is 17.5 Å². The number of ether oxygens (including phenoxy) is 1. The quantitative estimate of drug-likeness (QED) is 0.532. The van der Waals surface area contributed by atoms with E-state index in [0.29, 0.717) is 6.42 Å². The smallest absolute Gasteiger partial charge is 0.317 e. The predicted molar refractivity (Wildman–Crippen MR) is 91.0 cm³/mol. The van der Waals surface area contributed by atoms with E-state index in [2.05, 4.69) is 11.3 Å². The minimum Gasteiger partial charge on any atom is -0.393 e. The summed E-state index contributed by atoms with van der Waals surface area (Å²) in [5.74, 6) is -1.10. The van der Waals surface area contributed by atoms with E-state index in [1.807, 2.05) is 60.7 Å². The average Bonchev–Trinajstić information content (AvgIpc) is 2.94. The SMILES string of the molecule is C=CCC1CC(=O)OC1=O.OC(c1ccccc1)c1ccccc1. The van der Waals surface area contributed by atoms with Crippen molar-refractivity contribution >= 4 is 11.9 Å². The zero-order valence-electron chi connectivity index (χ0n) is 13.3. The summed E-state index contributed by atoms with van der Waals surface area (Å²) < 4.78 is 4.30. The topological polar surface area (TPSA) is 63.6 Å². The fraction of sp³-hybridized carbons (Fsp3) is 0.200. The molecule has 124 valence electrons. The molecule has 4 nitrogen and oxygen atoms in total. The lowest BCUT2D eigenvalue weighted by molar-refractivity contribution is -0.153. The van der Waals surface area contributed by atoms with Crippen LogP contribution in [0.2, 0.25) is 0 Å². The third kappa shape index (κ3) is 4.89. The molecule has 1 N–H and O–H groups in total. The first-order valence-electron chi connectivity index (χ1n) is 7.75. The van der Waals surface area contributed by atoms with Gasteiger partial charge in [-0.2, -0.15) is 0 Å². The number of benzene rings is 2. The number of cyclic esters (lactones) is 2. The largest absolute Gasteiger partial charge is 0.393 e. The Labute approximate surface area is 141 Å². The lowest BCUT2D eigenvalue weighted by Crippen LogP contribution is -2.05. The van der Waals surface area contributed by atoms with Gasteiger partial charge in [0, 0.05) is 0 Å². The second-order valence-electron chi connectivity index (χ2n) is 5.44. The number of hydrogen-bond donors (Lipinski definition) is 1. The predicted octanol–water partition coefficient (Wildman–Crippen LogP) is 3.42. The van der Waals surface area contributed by atoms with E-state index in [1.165, 1.54) is 0 Å². The Morgan fingerprint density at radius 2 is 1.54 bits per heavy atom. The van der Waals surface area contributed by atoms with Crippen LogP contribution in [-0.4, -0.2) is 17.0 Å². The standard InChI is InChI=1S/C13H12O.C7H8O3/c14-13(11-7-3-1-4-8-11)12-9-5-2-6-10-12;1-2-3-5-4-6(8)10-7(5)9/h1-10,13-14H;2,5H,1,3-4H2. The molecule has 0 aliphatic carbocycles. The van der Waals surface area contributed by atoms with Gasteiger partial charge in [0.1, 0.15) is 6.10 Å². The molecule has 0 amide bonds. The van der Waals surface area contributed by atoms with Crippen molar-refractivity contribution in [1.82, 2.24) is 0 Å². The summed E-state index contributed by atoms with van der Waals surface area (Å²) in [6.07, 6.45) is 1.84. The van der Waals surface area contributed by atoms with E-state index in [9.17, 15) is 14.7 Å². The van der Waals surface area contributed by atoms with Gasteiger partial charge >= 0.3 is 11.9 Å². The summed E-state index contributed by atoms with van der Waals surface area (Å²) in [6.45, 7) is 3.46. The van der Waals surface area contributed by atoms with Gasteiger partial charge in [-0.15, -0.1) is 6.58 Å². The Morgan fingerprint density at radius 3 is 1.92 bits per heavy atom. The van der Waals surface area contributed by atoms with Crippen molar-refractivity contribution in [1.29, 1.82) is 0 Å². The number of aliphatic hydroxyl groups excluding tert-OH is 1. The molecule has 2 aromatic carbocycles. The third-order valence-corrected chi connectivity index (χ3v) is 3.64. The minimum absolute atomic E-state index is 0.213. The van der Waals surface area contributed by atoms with Crippen molar-refractivity contribution in [2.45, 2.75) is 18.9 Å². The molecule has 2 aromatic rings. The molecule has 3 rings (SSSR count). The first-order valence-corrected chi connectivity index (χ1v) is 7.75. The van der Waals surface area contributed by atoms with Crippen molar-refractivity contribution in [2.24, 2.45) is 5.92 Å². The Kier molecular flexibility index (Phi) is 6.46. The van der Waals surface area contributed by atoms with Crippen LogP contribution in [-0.2, 0) is 14.3 Å². The van der Waals surface area contributed by atoms with Crippen LogP contribution in [0.25, 0.3) is 0 Å². The molecule has 4 heteroatoms. The molecule has 1 unspecified atom stereocenters.